The second kappa shape index (κ2) is 9.51. The lowest BCUT2D eigenvalue weighted by atomic mass is 10.1. The first-order valence-corrected chi connectivity index (χ1v) is 13.3. The summed E-state index contributed by atoms with van der Waals surface area (Å²) in [6.45, 7) is 6.29. The van der Waals surface area contributed by atoms with Crippen LogP contribution < -0.4 is 0 Å². The van der Waals surface area contributed by atoms with Crippen molar-refractivity contribution in [3.05, 3.63) is 66.4 Å². The fraction of sp³-hybridized carbons (Fsp3) is 0.370. The zero-order valence-electron chi connectivity index (χ0n) is 19.9. The molecule has 3 heterocycles. The highest BCUT2D eigenvalue weighted by atomic mass is 32.2. The van der Waals surface area contributed by atoms with E-state index in [0.29, 0.717) is 6.04 Å². The Kier molecular flexibility index (Phi) is 6.08. The highest BCUT2D eigenvalue weighted by Gasteiger charge is 2.33. The van der Waals surface area contributed by atoms with E-state index in [1.165, 1.54) is 5.56 Å². The summed E-state index contributed by atoms with van der Waals surface area (Å²) >= 11 is 1.54. The maximum absolute atomic E-state index is 13.3. The van der Waals surface area contributed by atoms with E-state index in [4.69, 9.17) is 0 Å². The maximum atomic E-state index is 13.3. The molecule has 2 aromatic heterocycles. The van der Waals surface area contributed by atoms with Gasteiger partial charge in [-0.2, -0.15) is 0 Å². The predicted molar refractivity (Wildman–Crippen MR) is 139 cm³/mol. The van der Waals surface area contributed by atoms with E-state index in [0.717, 1.165) is 73.0 Å². The third-order valence-electron chi connectivity index (χ3n) is 6.97. The third kappa shape index (κ3) is 4.60. The topological polar surface area (TPSA) is 70.0 Å². The average Bonchev–Trinajstić information content (AvgIpc) is 3.51. The van der Waals surface area contributed by atoms with Crippen molar-refractivity contribution < 1.29 is 4.79 Å². The Hall–Kier alpha value is -3.10. The van der Waals surface area contributed by atoms with Gasteiger partial charge >= 0.3 is 0 Å². The van der Waals surface area contributed by atoms with Crippen molar-refractivity contribution in [1.29, 1.82) is 0 Å². The molecule has 1 aliphatic heterocycles. The lowest BCUT2D eigenvalue weighted by molar-refractivity contribution is -0.132. The van der Waals surface area contributed by atoms with E-state index in [-0.39, 0.29) is 11.2 Å². The summed E-state index contributed by atoms with van der Waals surface area (Å²) in [5, 5.41) is 10.9. The monoisotopic (exact) mass is 486 g/mol. The lowest BCUT2D eigenvalue weighted by Crippen LogP contribution is -2.50. The molecule has 0 spiro atoms. The molecule has 1 atom stereocenters. The van der Waals surface area contributed by atoms with Gasteiger partial charge in [-0.1, -0.05) is 60.3 Å². The summed E-state index contributed by atoms with van der Waals surface area (Å²) in [6.07, 6.45) is 4.28. The first-order valence-electron chi connectivity index (χ1n) is 12.4. The standard InChI is InChI=1S/C27H30N6OS/c1-19(26(34)32-15-13-31(14-16-32)18-20-7-3-2-4-8-20)35-27-30-29-25(33(27)21-11-12-21)23-17-28-24-10-6-5-9-22(23)24/h2-10,17,19,21,28H,11-16,18H2,1H3/t19-/m1/s1. The Morgan fingerprint density at radius 1 is 1.03 bits per heavy atom. The van der Waals surface area contributed by atoms with Crippen LogP contribution in [-0.2, 0) is 11.3 Å². The van der Waals surface area contributed by atoms with Gasteiger partial charge in [0.2, 0.25) is 5.91 Å². The second-order valence-electron chi connectivity index (χ2n) is 9.50. The van der Waals surface area contributed by atoms with Crippen LogP contribution in [0.4, 0.5) is 0 Å². The number of amides is 1. The van der Waals surface area contributed by atoms with Gasteiger partial charge in [0.1, 0.15) is 0 Å². The van der Waals surface area contributed by atoms with Crippen LogP contribution >= 0.6 is 11.8 Å². The second-order valence-corrected chi connectivity index (χ2v) is 10.8. The number of rotatable bonds is 7. The minimum atomic E-state index is -0.201. The molecule has 7 nitrogen and oxygen atoms in total. The van der Waals surface area contributed by atoms with Gasteiger partial charge in [-0.15, -0.1) is 10.2 Å². The minimum absolute atomic E-state index is 0.188. The van der Waals surface area contributed by atoms with E-state index < -0.39 is 0 Å². The van der Waals surface area contributed by atoms with Crippen molar-refractivity contribution in [2.24, 2.45) is 0 Å². The number of carbonyl (C=O) groups excluding carboxylic acids is 1. The van der Waals surface area contributed by atoms with Crippen LogP contribution in [0.15, 0.2) is 66.0 Å². The summed E-state index contributed by atoms with van der Waals surface area (Å²) in [6, 6.07) is 19.2. The summed E-state index contributed by atoms with van der Waals surface area (Å²) in [5.74, 6) is 1.08. The quantitative estimate of drug-likeness (QED) is 0.387. The molecule has 1 aliphatic carbocycles. The normalized spacial score (nSPS) is 17.7. The van der Waals surface area contributed by atoms with Crippen molar-refractivity contribution in [2.45, 2.75) is 42.8 Å². The SMILES string of the molecule is C[C@@H](Sc1nnc(-c2c[nH]c3ccccc23)n1C1CC1)C(=O)N1CCN(Cc2ccccc2)CC1. The molecule has 2 aromatic carbocycles. The van der Waals surface area contributed by atoms with Crippen LogP contribution in [0.1, 0.15) is 31.4 Å². The van der Waals surface area contributed by atoms with Gasteiger partial charge in [-0.05, 0) is 31.4 Å². The van der Waals surface area contributed by atoms with Crippen LogP contribution in [0.2, 0.25) is 0 Å². The molecule has 2 aliphatic rings. The van der Waals surface area contributed by atoms with Gasteiger partial charge in [0.05, 0.1) is 5.25 Å². The predicted octanol–water partition coefficient (Wildman–Crippen LogP) is 4.59. The minimum Gasteiger partial charge on any atom is -0.360 e. The van der Waals surface area contributed by atoms with Gasteiger partial charge in [0.25, 0.3) is 0 Å². The third-order valence-corrected chi connectivity index (χ3v) is 8.01. The summed E-state index contributed by atoms with van der Waals surface area (Å²) in [7, 11) is 0. The zero-order valence-corrected chi connectivity index (χ0v) is 20.7. The van der Waals surface area contributed by atoms with Crippen LogP contribution in [-0.4, -0.2) is 66.9 Å². The van der Waals surface area contributed by atoms with Crippen LogP contribution in [0.5, 0.6) is 0 Å². The van der Waals surface area contributed by atoms with Crippen LogP contribution in [0.3, 0.4) is 0 Å². The fourth-order valence-corrected chi connectivity index (χ4v) is 5.90. The van der Waals surface area contributed by atoms with Crippen molar-refractivity contribution in [3.8, 4) is 11.4 Å². The molecule has 0 bridgehead atoms. The number of benzene rings is 2. The van der Waals surface area contributed by atoms with Gasteiger partial charge in [0.15, 0.2) is 11.0 Å². The Balaban J connectivity index is 1.13. The number of carbonyl (C=O) groups is 1. The molecule has 1 saturated heterocycles. The molecule has 1 amide bonds. The van der Waals surface area contributed by atoms with Crippen LogP contribution in [0, 0.1) is 0 Å². The molecular formula is C27H30N6OS. The van der Waals surface area contributed by atoms with E-state index in [1.54, 1.807) is 11.8 Å². The summed E-state index contributed by atoms with van der Waals surface area (Å²) in [4.78, 5) is 21.1. The van der Waals surface area contributed by atoms with E-state index in [2.05, 4.69) is 61.0 Å². The number of hydrogen-bond donors (Lipinski definition) is 1. The molecular weight excluding hydrogens is 456 g/mol. The van der Waals surface area contributed by atoms with Crippen molar-refractivity contribution in [3.63, 3.8) is 0 Å². The lowest BCUT2D eigenvalue weighted by Gasteiger charge is -2.35. The van der Waals surface area contributed by atoms with Crippen LogP contribution in [0.25, 0.3) is 22.3 Å². The number of hydrogen-bond acceptors (Lipinski definition) is 5. The van der Waals surface area contributed by atoms with Crippen molar-refractivity contribution in [1.82, 2.24) is 29.5 Å². The molecule has 2 fully saturated rings. The molecule has 0 unspecified atom stereocenters. The molecule has 8 heteroatoms. The Morgan fingerprint density at radius 3 is 2.54 bits per heavy atom. The highest BCUT2D eigenvalue weighted by molar-refractivity contribution is 8.00. The molecule has 0 radical (unpaired) electrons. The molecule has 1 saturated carbocycles. The summed E-state index contributed by atoms with van der Waals surface area (Å²) in [5.41, 5.74) is 3.49. The number of fused-ring (bicyclic) bond motifs is 1. The zero-order chi connectivity index (χ0) is 23.8. The van der Waals surface area contributed by atoms with E-state index >= 15 is 0 Å². The van der Waals surface area contributed by atoms with Gasteiger partial charge < -0.3 is 9.88 Å². The highest BCUT2D eigenvalue weighted by Crippen LogP contribution is 2.43. The molecule has 1 N–H and O–H groups in total. The van der Waals surface area contributed by atoms with E-state index in [9.17, 15) is 4.79 Å². The van der Waals surface area contributed by atoms with Gasteiger partial charge in [-0.25, -0.2) is 0 Å². The first kappa shape index (κ1) is 22.4. The first-order chi connectivity index (χ1) is 17.2. The van der Waals surface area contributed by atoms with E-state index in [1.807, 2.05) is 36.2 Å². The Labute approximate surface area is 209 Å². The van der Waals surface area contributed by atoms with Gasteiger partial charge in [0, 0.05) is 61.4 Å². The molecule has 6 rings (SSSR count). The average molecular weight is 487 g/mol. The number of para-hydroxylation sites is 1. The number of aromatic nitrogens is 4. The number of nitrogens with one attached hydrogen (secondary N) is 1. The maximum Gasteiger partial charge on any atom is 0.235 e. The molecule has 35 heavy (non-hydrogen) atoms. The number of nitrogens with zero attached hydrogens (tertiary/aromatic N) is 5. The summed E-state index contributed by atoms with van der Waals surface area (Å²) < 4.78 is 2.25. The Morgan fingerprint density at radius 2 is 1.77 bits per heavy atom. The number of piperazine rings is 1. The molecule has 180 valence electrons. The van der Waals surface area contributed by atoms with Crippen molar-refractivity contribution in [2.75, 3.05) is 26.2 Å². The molecule has 4 aromatic rings. The largest absolute Gasteiger partial charge is 0.360 e. The van der Waals surface area contributed by atoms with Gasteiger partial charge in [-0.3, -0.25) is 14.3 Å². The number of H-pyrrole nitrogens is 1. The number of aromatic amines is 1. The van der Waals surface area contributed by atoms with Crippen molar-refractivity contribution >= 4 is 28.6 Å². The number of thioether (sulfide) groups is 1. The Bertz CT molecular complexity index is 1320. The smallest absolute Gasteiger partial charge is 0.235 e. The fourth-order valence-electron chi connectivity index (χ4n) is 4.89.